The number of hydrogen-bond donors (Lipinski definition) is 2. The fourth-order valence-corrected chi connectivity index (χ4v) is 3.06. The third kappa shape index (κ3) is 3.16. The lowest BCUT2D eigenvalue weighted by Crippen LogP contribution is -2.19. The number of rotatable bonds is 4. The van der Waals surface area contributed by atoms with E-state index in [2.05, 4.69) is 5.32 Å². The monoisotopic (exact) mass is 343 g/mol. The molecule has 0 aliphatic rings. The van der Waals surface area contributed by atoms with Crippen LogP contribution in [0.2, 0.25) is 5.02 Å². The van der Waals surface area contributed by atoms with Crippen LogP contribution in [0.25, 0.3) is 11.0 Å². The van der Waals surface area contributed by atoms with Gasteiger partial charge in [0.25, 0.3) is 0 Å². The number of fused-ring (bicyclic) bond motifs is 1. The molecule has 1 heterocycles. The van der Waals surface area contributed by atoms with E-state index in [1.165, 1.54) is 6.07 Å². The molecule has 0 unspecified atom stereocenters. The highest BCUT2D eigenvalue weighted by atomic mass is 35.5. The first kappa shape index (κ1) is 16.6. The second-order valence-electron chi connectivity index (χ2n) is 5.80. The summed E-state index contributed by atoms with van der Waals surface area (Å²) >= 11 is 6.23. The number of hydrogen-bond acceptors (Lipinski definition) is 4. The van der Waals surface area contributed by atoms with E-state index in [4.69, 9.17) is 16.0 Å². The van der Waals surface area contributed by atoms with Crippen molar-refractivity contribution < 1.29 is 9.52 Å². The third-order valence-corrected chi connectivity index (χ3v) is 4.53. The van der Waals surface area contributed by atoms with Crippen molar-refractivity contribution in [2.75, 3.05) is 0 Å². The van der Waals surface area contributed by atoms with Gasteiger partial charge in [-0.15, -0.1) is 0 Å². The minimum atomic E-state index is -0.432. The molecule has 0 fully saturated rings. The molecule has 0 spiro atoms. The topological polar surface area (TPSA) is 62.5 Å². The first-order chi connectivity index (χ1) is 11.5. The van der Waals surface area contributed by atoms with E-state index in [1.807, 2.05) is 31.2 Å². The van der Waals surface area contributed by atoms with E-state index in [-0.39, 0.29) is 11.8 Å². The number of halogens is 1. The largest absolute Gasteiger partial charge is 0.508 e. The second-order valence-corrected chi connectivity index (χ2v) is 6.21. The van der Waals surface area contributed by atoms with E-state index < -0.39 is 5.63 Å². The molecule has 0 bridgehead atoms. The average Bonchev–Trinajstić information content (AvgIpc) is 2.56. The Hall–Kier alpha value is -2.30. The van der Waals surface area contributed by atoms with Gasteiger partial charge >= 0.3 is 5.63 Å². The smallest absolute Gasteiger partial charge is 0.336 e. The van der Waals surface area contributed by atoms with Gasteiger partial charge in [0, 0.05) is 34.6 Å². The second kappa shape index (κ2) is 6.67. The van der Waals surface area contributed by atoms with Crippen molar-refractivity contribution in [2.45, 2.75) is 26.4 Å². The Labute approximate surface area is 144 Å². The SMILES string of the molecule is Cc1c(O)ccc2c(CN[C@H](C)c3ccccc3Cl)cc(=O)oc12. The number of benzene rings is 2. The van der Waals surface area contributed by atoms with Crippen LogP contribution in [0.3, 0.4) is 0 Å². The lowest BCUT2D eigenvalue weighted by Gasteiger charge is -2.16. The van der Waals surface area contributed by atoms with E-state index in [9.17, 15) is 9.90 Å². The summed E-state index contributed by atoms with van der Waals surface area (Å²) < 4.78 is 5.26. The maximum atomic E-state index is 11.8. The molecular weight excluding hydrogens is 326 g/mol. The molecule has 3 rings (SSSR count). The molecule has 124 valence electrons. The molecule has 0 amide bonds. The van der Waals surface area contributed by atoms with Gasteiger partial charge in [0.2, 0.25) is 0 Å². The Kier molecular flexibility index (Phi) is 4.60. The molecule has 0 aliphatic heterocycles. The van der Waals surface area contributed by atoms with E-state index in [0.29, 0.717) is 22.7 Å². The molecule has 0 saturated carbocycles. The predicted molar refractivity (Wildman–Crippen MR) is 95.6 cm³/mol. The van der Waals surface area contributed by atoms with Crippen molar-refractivity contribution in [2.24, 2.45) is 0 Å². The number of aryl methyl sites for hydroxylation is 1. The van der Waals surface area contributed by atoms with Gasteiger partial charge < -0.3 is 14.8 Å². The van der Waals surface area contributed by atoms with Crippen LogP contribution in [0.4, 0.5) is 0 Å². The van der Waals surface area contributed by atoms with Crippen LogP contribution in [-0.4, -0.2) is 5.11 Å². The number of aromatic hydroxyl groups is 1. The van der Waals surface area contributed by atoms with Crippen molar-refractivity contribution in [1.82, 2.24) is 5.32 Å². The predicted octanol–water partition coefficient (Wildman–Crippen LogP) is 4.31. The number of phenolic OH excluding ortho intramolecular Hbond substituents is 1. The molecule has 1 aromatic heterocycles. The van der Waals surface area contributed by atoms with E-state index >= 15 is 0 Å². The van der Waals surface area contributed by atoms with Crippen LogP contribution < -0.4 is 10.9 Å². The van der Waals surface area contributed by atoms with Crippen molar-refractivity contribution >= 4 is 22.6 Å². The summed E-state index contributed by atoms with van der Waals surface area (Å²) in [6.45, 7) is 4.23. The third-order valence-electron chi connectivity index (χ3n) is 4.19. The van der Waals surface area contributed by atoms with Gasteiger partial charge in [-0.05, 0) is 43.2 Å². The molecule has 4 nitrogen and oxygen atoms in total. The average molecular weight is 344 g/mol. The summed E-state index contributed by atoms with van der Waals surface area (Å²) in [7, 11) is 0. The van der Waals surface area contributed by atoms with Gasteiger partial charge in [0.15, 0.2) is 0 Å². The Bertz CT molecular complexity index is 949. The summed E-state index contributed by atoms with van der Waals surface area (Å²) in [5.41, 5.74) is 2.37. The van der Waals surface area contributed by atoms with Crippen LogP contribution in [0.1, 0.15) is 29.7 Å². The van der Waals surface area contributed by atoms with Crippen molar-refractivity contribution in [3.8, 4) is 5.75 Å². The van der Waals surface area contributed by atoms with Gasteiger partial charge in [-0.3, -0.25) is 0 Å². The minimum absolute atomic E-state index is 0.0270. The van der Waals surface area contributed by atoms with Crippen LogP contribution in [0.15, 0.2) is 51.7 Å². The normalized spacial score (nSPS) is 12.5. The van der Waals surface area contributed by atoms with E-state index in [0.717, 1.165) is 16.5 Å². The summed E-state index contributed by atoms with van der Waals surface area (Å²) in [6, 6.07) is 12.5. The maximum Gasteiger partial charge on any atom is 0.336 e. The maximum absolute atomic E-state index is 11.8. The molecule has 2 N–H and O–H groups in total. The highest BCUT2D eigenvalue weighted by Crippen LogP contribution is 2.28. The lowest BCUT2D eigenvalue weighted by atomic mass is 10.0. The molecule has 24 heavy (non-hydrogen) atoms. The summed E-state index contributed by atoms with van der Waals surface area (Å²) in [5.74, 6) is 0.111. The Morgan fingerprint density at radius 1 is 1.25 bits per heavy atom. The molecule has 2 aromatic carbocycles. The minimum Gasteiger partial charge on any atom is -0.508 e. The summed E-state index contributed by atoms with van der Waals surface area (Å²) in [5, 5.41) is 14.7. The molecule has 1 atom stereocenters. The quantitative estimate of drug-likeness (QED) is 0.693. The number of phenols is 1. The molecule has 5 heteroatoms. The Morgan fingerprint density at radius 3 is 2.75 bits per heavy atom. The first-order valence-corrected chi connectivity index (χ1v) is 8.08. The van der Waals surface area contributed by atoms with Crippen molar-refractivity contribution in [3.05, 3.63) is 74.6 Å². The van der Waals surface area contributed by atoms with Gasteiger partial charge in [-0.1, -0.05) is 29.8 Å². The summed E-state index contributed by atoms with van der Waals surface area (Å²) in [4.78, 5) is 11.8. The zero-order chi connectivity index (χ0) is 17.3. The Balaban J connectivity index is 1.92. The zero-order valence-corrected chi connectivity index (χ0v) is 14.2. The molecule has 0 aliphatic carbocycles. The van der Waals surface area contributed by atoms with Crippen LogP contribution >= 0.6 is 11.6 Å². The zero-order valence-electron chi connectivity index (χ0n) is 13.5. The number of nitrogens with one attached hydrogen (secondary N) is 1. The van der Waals surface area contributed by atoms with Crippen LogP contribution in [0.5, 0.6) is 5.75 Å². The first-order valence-electron chi connectivity index (χ1n) is 7.70. The van der Waals surface area contributed by atoms with E-state index in [1.54, 1.807) is 19.1 Å². The molecular formula is C19H18ClNO3. The highest BCUT2D eigenvalue weighted by Gasteiger charge is 2.13. The highest BCUT2D eigenvalue weighted by molar-refractivity contribution is 6.31. The molecule has 0 saturated heterocycles. The van der Waals surface area contributed by atoms with Crippen LogP contribution in [-0.2, 0) is 6.54 Å². The fraction of sp³-hybridized carbons (Fsp3) is 0.211. The Morgan fingerprint density at radius 2 is 2.00 bits per heavy atom. The standard InChI is InChI=1S/C19H18ClNO3/c1-11-17(22)8-7-15-13(9-18(23)24-19(11)15)10-21-12(2)14-5-3-4-6-16(14)20/h3-9,12,21-22H,10H2,1-2H3/t12-/m1/s1. The van der Waals surface area contributed by atoms with Gasteiger partial charge in [0.05, 0.1) is 0 Å². The summed E-state index contributed by atoms with van der Waals surface area (Å²) in [6.07, 6.45) is 0. The van der Waals surface area contributed by atoms with Gasteiger partial charge in [-0.2, -0.15) is 0 Å². The lowest BCUT2D eigenvalue weighted by molar-refractivity contribution is 0.468. The van der Waals surface area contributed by atoms with Crippen molar-refractivity contribution in [3.63, 3.8) is 0 Å². The van der Waals surface area contributed by atoms with Crippen LogP contribution in [0, 0.1) is 6.92 Å². The molecule has 3 aromatic rings. The van der Waals surface area contributed by atoms with Gasteiger partial charge in [-0.25, -0.2) is 4.79 Å². The molecule has 0 radical (unpaired) electrons. The van der Waals surface area contributed by atoms with Crippen molar-refractivity contribution in [1.29, 1.82) is 0 Å². The van der Waals surface area contributed by atoms with Gasteiger partial charge in [0.1, 0.15) is 11.3 Å². The fourth-order valence-electron chi connectivity index (χ4n) is 2.76.